The molecule has 72 valence electrons. The van der Waals surface area contributed by atoms with Gasteiger partial charge in [0.1, 0.15) is 0 Å². The highest BCUT2D eigenvalue weighted by Crippen LogP contribution is 2.24. The number of hydrogen-bond acceptors (Lipinski definition) is 3. The maximum Gasteiger partial charge on any atom is 0.258 e. The zero-order valence-electron chi connectivity index (χ0n) is 8.34. The third kappa shape index (κ3) is 1.88. The molecule has 1 aromatic heterocycles. The minimum absolute atomic E-state index is 0.139. The first-order valence-corrected chi connectivity index (χ1v) is 4.09. The van der Waals surface area contributed by atoms with Crippen molar-refractivity contribution >= 4 is 0 Å². The molecule has 0 saturated heterocycles. The van der Waals surface area contributed by atoms with Crippen molar-refractivity contribution in [3.8, 4) is 5.88 Å². The number of aromatic nitrogens is 2. The molecule has 0 radical (unpaired) electrons. The van der Waals surface area contributed by atoms with Gasteiger partial charge in [-0.3, -0.25) is 4.79 Å². The van der Waals surface area contributed by atoms with Crippen LogP contribution in [-0.2, 0) is 5.41 Å². The lowest BCUT2D eigenvalue weighted by Crippen LogP contribution is -2.25. The molecule has 0 aliphatic carbocycles. The predicted octanol–water partition coefficient (Wildman–Crippen LogP) is 1.08. The minimum Gasteiger partial charge on any atom is -0.481 e. The van der Waals surface area contributed by atoms with Gasteiger partial charge in [0.05, 0.1) is 19.0 Å². The van der Waals surface area contributed by atoms with Gasteiger partial charge < -0.3 is 9.72 Å². The summed E-state index contributed by atoms with van der Waals surface area (Å²) in [4.78, 5) is 18.0. The van der Waals surface area contributed by atoms with Crippen LogP contribution < -0.4 is 10.3 Å². The van der Waals surface area contributed by atoms with Gasteiger partial charge in [-0.1, -0.05) is 20.8 Å². The molecule has 0 aromatic carbocycles. The van der Waals surface area contributed by atoms with Crippen molar-refractivity contribution in [2.75, 3.05) is 7.11 Å². The minimum atomic E-state index is -0.257. The van der Waals surface area contributed by atoms with Gasteiger partial charge in [-0.05, 0) is 5.41 Å². The number of rotatable bonds is 1. The van der Waals surface area contributed by atoms with Gasteiger partial charge in [0.15, 0.2) is 0 Å². The summed E-state index contributed by atoms with van der Waals surface area (Å²) < 4.78 is 5.02. The third-order valence-corrected chi connectivity index (χ3v) is 1.76. The highest BCUT2D eigenvalue weighted by atomic mass is 16.5. The second-order valence-electron chi connectivity index (χ2n) is 3.87. The largest absolute Gasteiger partial charge is 0.481 e. The van der Waals surface area contributed by atoms with Crippen LogP contribution in [-0.4, -0.2) is 17.1 Å². The van der Waals surface area contributed by atoms with Gasteiger partial charge in [-0.25, -0.2) is 4.98 Å². The number of ether oxygens (including phenoxy) is 1. The first-order chi connectivity index (χ1) is 5.96. The Kier molecular flexibility index (Phi) is 2.40. The average Bonchev–Trinajstić information content (AvgIpc) is 2.01. The van der Waals surface area contributed by atoms with Crippen LogP contribution in [0.25, 0.3) is 0 Å². The Morgan fingerprint density at radius 1 is 1.46 bits per heavy atom. The van der Waals surface area contributed by atoms with Gasteiger partial charge in [0, 0.05) is 0 Å². The summed E-state index contributed by atoms with van der Waals surface area (Å²) in [6, 6.07) is 0. The number of hydrogen-bond donors (Lipinski definition) is 1. The van der Waals surface area contributed by atoms with Crippen LogP contribution in [0.5, 0.6) is 5.88 Å². The number of nitrogens with one attached hydrogen (secondary N) is 1. The van der Waals surface area contributed by atoms with Gasteiger partial charge in [-0.15, -0.1) is 0 Å². The van der Waals surface area contributed by atoms with E-state index in [4.69, 9.17) is 4.74 Å². The fourth-order valence-corrected chi connectivity index (χ4v) is 1.20. The van der Waals surface area contributed by atoms with E-state index in [9.17, 15) is 4.79 Å². The summed E-state index contributed by atoms with van der Waals surface area (Å²) in [6.07, 6.45) is 1.34. The molecule has 0 unspecified atom stereocenters. The topological polar surface area (TPSA) is 55.0 Å². The molecule has 1 N–H and O–H groups in total. The van der Waals surface area contributed by atoms with Crippen LogP contribution in [0.4, 0.5) is 0 Å². The van der Waals surface area contributed by atoms with Crippen LogP contribution in [0, 0.1) is 0 Å². The average molecular weight is 182 g/mol. The number of H-pyrrole nitrogens is 1. The molecule has 13 heavy (non-hydrogen) atoms. The Morgan fingerprint density at radius 3 is 2.46 bits per heavy atom. The molecule has 1 rings (SSSR count). The molecule has 1 heterocycles. The quantitative estimate of drug-likeness (QED) is 0.707. The Bertz CT molecular complexity index is 349. The molecular weight excluding hydrogens is 168 g/mol. The summed E-state index contributed by atoms with van der Waals surface area (Å²) in [5, 5.41) is 0. The van der Waals surface area contributed by atoms with E-state index in [0.29, 0.717) is 11.4 Å². The molecule has 0 aliphatic heterocycles. The van der Waals surface area contributed by atoms with Crippen LogP contribution >= 0.6 is 0 Å². The summed E-state index contributed by atoms with van der Waals surface area (Å²) in [6.45, 7) is 5.84. The van der Waals surface area contributed by atoms with Crippen molar-refractivity contribution in [2.24, 2.45) is 0 Å². The Morgan fingerprint density at radius 2 is 2.08 bits per heavy atom. The monoisotopic (exact) mass is 182 g/mol. The molecule has 4 nitrogen and oxygen atoms in total. The van der Waals surface area contributed by atoms with Crippen molar-refractivity contribution in [1.82, 2.24) is 9.97 Å². The number of methoxy groups -OCH3 is 1. The van der Waals surface area contributed by atoms with E-state index in [1.807, 2.05) is 20.8 Å². The second-order valence-corrected chi connectivity index (χ2v) is 3.87. The van der Waals surface area contributed by atoms with Crippen molar-refractivity contribution in [3.63, 3.8) is 0 Å². The fourth-order valence-electron chi connectivity index (χ4n) is 1.20. The zero-order valence-corrected chi connectivity index (χ0v) is 8.34. The first-order valence-electron chi connectivity index (χ1n) is 4.09. The molecule has 1 aromatic rings. The van der Waals surface area contributed by atoms with Gasteiger partial charge in [-0.2, -0.15) is 0 Å². The number of aromatic amines is 1. The zero-order chi connectivity index (χ0) is 10.1. The second kappa shape index (κ2) is 3.20. The Labute approximate surface area is 77.0 Å². The van der Waals surface area contributed by atoms with E-state index in [0.717, 1.165) is 0 Å². The van der Waals surface area contributed by atoms with E-state index in [1.54, 1.807) is 0 Å². The van der Waals surface area contributed by atoms with Crippen LogP contribution in [0.15, 0.2) is 11.1 Å². The molecule has 4 heteroatoms. The van der Waals surface area contributed by atoms with Crippen molar-refractivity contribution < 1.29 is 4.74 Å². The van der Waals surface area contributed by atoms with Crippen LogP contribution in [0.2, 0.25) is 0 Å². The summed E-state index contributed by atoms with van der Waals surface area (Å²) in [5.41, 5.74) is 0.185. The van der Waals surface area contributed by atoms with Crippen LogP contribution in [0.3, 0.4) is 0 Å². The Balaban J connectivity index is 3.41. The van der Waals surface area contributed by atoms with E-state index < -0.39 is 0 Å². The van der Waals surface area contributed by atoms with E-state index >= 15 is 0 Å². The highest BCUT2D eigenvalue weighted by Gasteiger charge is 2.23. The van der Waals surface area contributed by atoms with Crippen LogP contribution in [0.1, 0.15) is 26.3 Å². The van der Waals surface area contributed by atoms with Gasteiger partial charge in [0.2, 0.25) is 5.88 Å². The molecule has 0 saturated carbocycles. The summed E-state index contributed by atoms with van der Waals surface area (Å²) in [7, 11) is 1.51. The molecule has 0 bridgehead atoms. The SMILES string of the molecule is COc1nc[nH]c(=O)c1C(C)(C)C. The highest BCUT2D eigenvalue weighted by molar-refractivity contribution is 5.29. The molecule has 0 amide bonds. The van der Waals surface area contributed by atoms with Crippen molar-refractivity contribution in [3.05, 3.63) is 22.2 Å². The molecule has 0 spiro atoms. The van der Waals surface area contributed by atoms with Gasteiger partial charge in [0.25, 0.3) is 5.56 Å². The number of nitrogens with zero attached hydrogens (tertiary/aromatic N) is 1. The summed E-state index contributed by atoms with van der Waals surface area (Å²) in [5.74, 6) is 0.399. The maximum absolute atomic E-state index is 11.5. The smallest absolute Gasteiger partial charge is 0.258 e. The van der Waals surface area contributed by atoms with Crippen molar-refractivity contribution in [1.29, 1.82) is 0 Å². The van der Waals surface area contributed by atoms with E-state index in [-0.39, 0.29) is 11.0 Å². The standard InChI is InChI=1S/C9H14N2O2/c1-9(2,3)6-7(12)10-5-11-8(6)13-4/h5H,1-4H3,(H,10,11,12). The van der Waals surface area contributed by atoms with E-state index in [1.165, 1.54) is 13.4 Å². The molecule has 0 fully saturated rings. The molecule has 0 atom stereocenters. The third-order valence-electron chi connectivity index (χ3n) is 1.76. The lowest BCUT2D eigenvalue weighted by atomic mass is 9.88. The lowest BCUT2D eigenvalue weighted by molar-refractivity contribution is 0.377. The van der Waals surface area contributed by atoms with Gasteiger partial charge >= 0.3 is 0 Å². The predicted molar refractivity (Wildman–Crippen MR) is 50.1 cm³/mol. The lowest BCUT2D eigenvalue weighted by Gasteiger charge is -2.18. The molecule has 0 aliphatic rings. The normalized spacial score (nSPS) is 11.4. The first kappa shape index (κ1) is 9.77. The van der Waals surface area contributed by atoms with E-state index in [2.05, 4.69) is 9.97 Å². The maximum atomic E-state index is 11.5. The molecular formula is C9H14N2O2. The van der Waals surface area contributed by atoms with Crippen molar-refractivity contribution in [2.45, 2.75) is 26.2 Å². The Hall–Kier alpha value is -1.32. The summed E-state index contributed by atoms with van der Waals surface area (Å²) >= 11 is 0. The fraction of sp³-hybridized carbons (Fsp3) is 0.556.